The Balaban J connectivity index is 2.43. The minimum Gasteiger partial charge on any atom is -0.380 e. The van der Waals surface area contributed by atoms with E-state index in [4.69, 9.17) is 19.4 Å². The van der Waals surface area contributed by atoms with Crippen LogP contribution in [0.3, 0.4) is 0 Å². The Kier molecular flexibility index (Phi) is 1.73. The van der Waals surface area contributed by atoms with Gasteiger partial charge < -0.3 is 5.32 Å². The molecule has 54 valence electrons. The summed E-state index contributed by atoms with van der Waals surface area (Å²) < 4.78 is 0. The highest BCUT2D eigenvalue weighted by atomic mass is 35.5. The van der Waals surface area contributed by atoms with Crippen LogP contribution in [0.5, 0.6) is 0 Å². The number of hydrogen-bond donors (Lipinski definition) is 1. The number of halogens is 1. The monoisotopic (exact) mass is 182 g/mol. The number of nitrogens with one attached hydrogen (secondary N) is 1. The second kappa shape index (κ2) is 2.61. The van der Waals surface area contributed by atoms with Crippen molar-refractivity contribution in [1.29, 1.82) is 0 Å². The van der Waals surface area contributed by atoms with Gasteiger partial charge in [0.1, 0.15) is 13.0 Å². The fourth-order valence-electron chi connectivity index (χ4n) is 0.944. The minimum atomic E-state index is -0.0646. The molecule has 1 unspecified atom stereocenters. The molecule has 1 aliphatic rings. The standard InChI is InChI=1S/C6H4BClN2S/c7-6-10-3-1-5(8)9-2-4(3)11-6/h1-2,6,10H. The van der Waals surface area contributed by atoms with Crippen LogP contribution in [-0.2, 0) is 0 Å². The molecule has 1 aromatic rings. The zero-order valence-corrected chi connectivity index (χ0v) is 7.12. The minimum absolute atomic E-state index is 0.0646. The highest BCUT2D eigenvalue weighted by molar-refractivity contribution is 8.01. The summed E-state index contributed by atoms with van der Waals surface area (Å²) in [5, 5.41) is 3.48. The van der Waals surface area contributed by atoms with Gasteiger partial charge in [-0.25, -0.2) is 4.98 Å². The zero-order valence-electron chi connectivity index (χ0n) is 5.54. The third-order valence-electron chi connectivity index (χ3n) is 1.39. The quantitative estimate of drug-likeness (QED) is 0.488. The maximum absolute atomic E-state index is 5.67. The molecule has 5 heteroatoms. The molecule has 1 atom stereocenters. The first kappa shape index (κ1) is 7.31. The first-order valence-electron chi connectivity index (χ1n) is 3.10. The molecule has 1 aromatic heterocycles. The van der Waals surface area contributed by atoms with E-state index in [0.717, 1.165) is 10.6 Å². The third-order valence-corrected chi connectivity index (χ3v) is 2.54. The van der Waals surface area contributed by atoms with Gasteiger partial charge in [-0.3, -0.25) is 0 Å². The molecular formula is C6H4BClN2S. The van der Waals surface area contributed by atoms with Crippen LogP contribution in [0.25, 0.3) is 0 Å². The Morgan fingerprint density at radius 1 is 1.73 bits per heavy atom. The molecule has 0 saturated carbocycles. The molecule has 2 heterocycles. The van der Waals surface area contributed by atoms with Gasteiger partial charge >= 0.3 is 0 Å². The molecule has 2 rings (SSSR count). The SMILES string of the molecule is [B]C1Nc2cc(Cl)ncc2S1. The van der Waals surface area contributed by atoms with E-state index >= 15 is 0 Å². The van der Waals surface area contributed by atoms with Gasteiger partial charge in [0.2, 0.25) is 0 Å². The molecule has 0 bridgehead atoms. The van der Waals surface area contributed by atoms with Crippen molar-refractivity contribution in [2.45, 2.75) is 10.2 Å². The number of thioether (sulfide) groups is 1. The molecule has 0 spiro atoms. The number of hydrogen-bond acceptors (Lipinski definition) is 3. The summed E-state index contributed by atoms with van der Waals surface area (Å²) >= 11 is 7.22. The number of anilines is 1. The van der Waals surface area contributed by atoms with E-state index in [9.17, 15) is 0 Å². The number of pyridine rings is 1. The average Bonchev–Trinajstić information content (AvgIpc) is 2.27. The average molecular weight is 182 g/mol. The smallest absolute Gasteiger partial charge is 0.131 e. The van der Waals surface area contributed by atoms with Crippen molar-refractivity contribution in [3.8, 4) is 0 Å². The first-order valence-corrected chi connectivity index (χ1v) is 4.36. The van der Waals surface area contributed by atoms with Crippen molar-refractivity contribution in [3.05, 3.63) is 17.4 Å². The molecule has 0 aromatic carbocycles. The van der Waals surface area contributed by atoms with E-state index in [2.05, 4.69) is 10.3 Å². The molecule has 1 aliphatic heterocycles. The lowest BCUT2D eigenvalue weighted by Gasteiger charge is -2.00. The Bertz CT molecular complexity index is 294. The van der Waals surface area contributed by atoms with Crippen LogP contribution in [0.15, 0.2) is 17.2 Å². The molecule has 1 N–H and O–H groups in total. The van der Waals surface area contributed by atoms with Crippen molar-refractivity contribution < 1.29 is 0 Å². The number of nitrogens with zero attached hydrogens (tertiary/aromatic N) is 1. The zero-order chi connectivity index (χ0) is 7.84. The van der Waals surface area contributed by atoms with Crippen molar-refractivity contribution in [2.24, 2.45) is 0 Å². The summed E-state index contributed by atoms with van der Waals surface area (Å²) in [4.78, 5) is 4.99. The fourth-order valence-corrected chi connectivity index (χ4v) is 1.92. The summed E-state index contributed by atoms with van der Waals surface area (Å²) in [6, 6.07) is 1.77. The van der Waals surface area contributed by atoms with E-state index in [1.807, 2.05) is 0 Å². The van der Waals surface area contributed by atoms with E-state index in [-0.39, 0.29) is 5.27 Å². The van der Waals surface area contributed by atoms with Gasteiger partial charge in [-0.15, -0.1) is 11.8 Å². The van der Waals surface area contributed by atoms with Crippen LogP contribution in [0.4, 0.5) is 5.69 Å². The first-order chi connectivity index (χ1) is 5.25. The van der Waals surface area contributed by atoms with Crippen LogP contribution in [0.2, 0.25) is 5.15 Å². The second-order valence-corrected chi connectivity index (χ2v) is 3.76. The van der Waals surface area contributed by atoms with E-state index in [1.54, 1.807) is 24.0 Å². The van der Waals surface area contributed by atoms with Gasteiger partial charge in [0.05, 0.1) is 10.6 Å². The van der Waals surface area contributed by atoms with Gasteiger partial charge in [-0.05, 0) is 6.07 Å². The van der Waals surface area contributed by atoms with Crippen LogP contribution in [-0.4, -0.2) is 18.1 Å². The summed E-state index contributed by atoms with van der Waals surface area (Å²) in [6.45, 7) is 0. The Hall–Kier alpha value is -0.345. The maximum atomic E-state index is 5.67. The van der Waals surface area contributed by atoms with Gasteiger partial charge in [0, 0.05) is 11.5 Å². The van der Waals surface area contributed by atoms with E-state index in [0.29, 0.717) is 5.15 Å². The third kappa shape index (κ3) is 1.33. The van der Waals surface area contributed by atoms with Crippen molar-refractivity contribution in [1.82, 2.24) is 4.98 Å². The van der Waals surface area contributed by atoms with Gasteiger partial charge in [-0.1, -0.05) is 11.6 Å². The van der Waals surface area contributed by atoms with Crippen LogP contribution >= 0.6 is 23.4 Å². The van der Waals surface area contributed by atoms with Gasteiger partial charge in [0.25, 0.3) is 0 Å². The van der Waals surface area contributed by atoms with Crippen molar-refractivity contribution >= 4 is 36.9 Å². The number of aromatic nitrogens is 1. The summed E-state index contributed by atoms with van der Waals surface area (Å²) in [5.41, 5.74) is 0.975. The summed E-state index contributed by atoms with van der Waals surface area (Å²) in [5.74, 6) is 0. The lowest BCUT2D eigenvalue weighted by Crippen LogP contribution is -2.07. The molecule has 0 saturated heterocycles. The van der Waals surface area contributed by atoms with Gasteiger partial charge in [0.15, 0.2) is 0 Å². The number of fused-ring (bicyclic) bond motifs is 1. The molecule has 0 aliphatic carbocycles. The van der Waals surface area contributed by atoms with Gasteiger partial charge in [-0.2, -0.15) is 0 Å². The molecular weight excluding hydrogens is 178 g/mol. The Morgan fingerprint density at radius 2 is 2.55 bits per heavy atom. The Morgan fingerprint density at radius 3 is 3.36 bits per heavy atom. The summed E-state index contributed by atoms with van der Waals surface area (Å²) in [7, 11) is 5.62. The normalized spacial score (nSPS) is 21.0. The Labute approximate surface area is 75.1 Å². The van der Waals surface area contributed by atoms with E-state index < -0.39 is 0 Å². The topological polar surface area (TPSA) is 24.9 Å². The van der Waals surface area contributed by atoms with Crippen LogP contribution < -0.4 is 5.32 Å². The number of rotatable bonds is 0. The van der Waals surface area contributed by atoms with Crippen LogP contribution in [0, 0.1) is 0 Å². The second-order valence-electron chi connectivity index (χ2n) is 2.19. The van der Waals surface area contributed by atoms with Crippen molar-refractivity contribution in [3.63, 3.8) is 0 Å². The fraction of sp³-hybridized carbons (Fsp3) is 0.167. The highest BCUT2D eigenvalue weighted by Crippen LogP contribution is 2.37. The molecule has 11 heavy (non-hydrogen) atoms. The predicted octanol–water partition coefficient (Wildman–Crippen LogP) is 1.70. The maximum Gasteiger partial charge on any atom is 0.131 e. The highest BCUT2D eigenvalue weighted by Gasteiger charge is 2.16. The summed E-state index contributed by atoms with van der Waals surface area (Å²) in [6.07, 6.45) is 1.72. The van der Waals surface area contributed by atoms with E-state index in [1.165, 1.54) is 0 Å². The van der Waals surface area contributed by atoms with Crippen LogP contribution in [0.1, 0.15) is 0 Å². The van der Waals surface area contributed by atoms with Crippen molar-refractivity contribution in [2.75, 3.05) is 5.32 Å². The molecule has 2 radical (unpaired) electrons. The predicted molar refractivity (Wildman–Crippen MR) is 48.3 cm³/mol. The lowest BCUT2D eigenvalue weighted by atomic mass is 10.1. The lowest BCUT2D eigenvalue weighted by molar-refractivity contribution is 1.24. The largest absolute Gasteiger partial charge is 0.380 e. The molecule has 2 nitrogen and oxygen atoms in total. The molecule has 0 amide bonds. The molecule has 0 fully saturated rings.